The molecule has 5 nitrogen and oxygen atoms in total. The SMILES string of the molecule is CCNC(=NCCS(=O)(=O)c1ccccc1F)NCCc1ccc(F)cc1C.I. The van der Waals surface area contributed by atoms with Crippen LogP contribution in [0.25, 0.3) is 0 Å². The summed E-state index contributed by atoms with van der Waals surface area (Å²) in [4.78, 5) is 3.94. The van der Waals surface area contributed by atoms with Gasteiger partial charge in [-0.1, -0.05) is 18.2 Å². The Kier molecular flexibility index (Phi) is 10.5. The second-order valence-corrected chi connectivity index (χ2v) is 8.34. The first kappa shape index (κ1) is 25.3. The number of benzene rings is 2. The molecule has 0 atom stereocenters. The van der Waals surface area contributed by atoms with Gasteiger partial charge in [0.2, 0.25) is 0 Å². The van der Waals surface area contributed by atoms with Crippen molar-refractivity contribution in [3.8, 4) is 0 Å². The molecule has 2 N–H and O–H groups in total. The number of aliphatic imine (C=N–C) groups is 1. The number of hydrogen-bond acceptors (Lipinski definition) is 3. The Balaban J connectivity index is 0.00000420. The van der Waals surface area contributed by atoms with Crippen molar-refractivity contribution in [1.29, 1.82) is 0 Å². The van der Waals surface area contributed by atoms with E-state index in [1.807, 2.05) is 13.8 Å². The van der Waals surface area contributed by atoms with Gasteiger partial charge in [-0.05, 0) is 55.7 Å². The molecule has 2 aromatic rings. The van der Waals surface area contributed by atoms with E-state index in [-0.39, 0.29) is 47.0 Å². The highest BCUT2D eigenvalue weighted by atomic mass is 127. The van der Waals surface area contributed by atoms with Crippen LogP contribution in [0.5, 0.6) is 0 Å². The standard InChI is InChI=1S/C20H25F2N3O2S.HI/c1-3-23-20(24-11-10-16-8-9-17(21)14-15(16)2)25-12-13-28(26,27)19-7-5-4-6-18(19)22;/h4-9,14H,3,10-13H2,1-2H3,(H2,23,24,25);1H. The monoisotopic (exact) mass is 537 g/mol. The van der Waals surface area contributed by atoms with Crippen molar-refractivity contribution >= 4 is 39.8 Å². The molecule has 160 valence electrons. The molecule has 0 aliphatic rings. The summed E-state index contributed by atoms with van der Waals surface area (Å²) in [6.07, 6.45) is 0.671. The van der Waals surface area contributed by atoms with E-state index in [4.69, 9.17) is 0 Å². The van der Waals surface area contributed by atoms with Crippen LogP contribution in [0.4, 0.5) is 8.78 Å². The molecule has 0 saturated heterocycles. The molecule has 0 fully saturated rings. The minimum absolute atomic E-state index is 0. The number of nitrogens with zero attached hydrogens (tertiary/aromatic N) is 1. The third kappa shape index (κ3) is 7.88. The number of nitrogens with one attached hydrogen (secondary N) is 2. The maximum absolute atomic E-state index is 13.7. The Morgan fingerprint density at radius 2 is 1.83 bits per heavy atom. The molecular weight excluding hydrogens is 511 g/mol. The first-order valence-corrected chi connectivity index (χ1v) is 10.7. The van der Waals surface area contributed by atoms with E-state index in [0.717, 1.165) is 17.2 Å². The Hall–Kier alpha value is -1.75. The fourth-order valence-corrected chi connectivity index (χ4v) is 3.88. The van der Waals surface area contributed by atoms with Crippen LogP contribution in [-0.2, 0) is 16.3 Å². The number of hydrogen-bond donors (Lipinski definition) is 2. The van der Waals surface area contributed by atoms with E-state index in [9.17, 15) is 17.2 Å². The Bertz CT molecular complexity index is 937. The van der Waals surface area contributed by atoms with Gasteiger partial charge in [0.25, 0.3) is 0 Å². The third-order valence-corrected chi connectivity index (χ3v) is 5.86. The van der Waals surface area contributed by atoms with Gasteiger partial charge < -0.3 is 10.6 Å². The van der Waals surface area contributed by atoms with E-state index in [0.29, 0.717) is 25.5 Å². The summed E-state index contributed by atoms with van der Waals surface area (Å²) in [7, 11) is -3.75. The normalized spacial score (nSPS) is 11.7. The highest BCUT2D eigenvalue weighted by molar-refractivity contribution is 14.0. The van der Waals surface area contributed by atoms with Crippen molar-refractivity contribution < 1.29 is 17.2 Å². The van der Waals surface area contributed by atoms with Crippen LogP contribution >= 0.6 is 24.0 Å². The maximum atomic E-state index is 13.7. The van der Waals surface area contributed by atoms with Crippen molar-refractivity contribution in [2.24, 2.45) is 4.99 Å². The highest BCUT2D eigenvalue weighted by Crippen LogP contribution is 2.15. The number of guanidine groups is 1. The summed E-state index contributed by atoms with van der Waals surface area (Å²) in [6, 6.07) is 9.97. The minimum atomic E-state index is -3.75. The van der Waals surface area contributed by atoms with E-state index in [1.165, 1.54) is 30.3 Å². The third-order valence-electron chi connectivity index (χ3n) is 4.14. The lowest BCUT2D eigenvalue weighted by atomic mass is 10.1. The van der Waals surface area contributed by atoms with E-state index in [1.54, 1.807) is 6.07 Å². The average Bonchev–Trinajstić information content (AvgIpc) is 2.63. The van der Waals surface area contributed by atoms with Crippen molar-refractivity contribution in [2.75, 3.05) is 25.4 Å². The van der Waals surface area contributed by atoms with Gasteiger partial charge >= 0.3 is 0 Å². The smallest absolute Gasteiger partial charge is 0.191 e. The Labute approximate surface area is 188 Å². The van der Waals surface area contributed by atoms with Crippen molar-refractivity contribution in [3.63, 3.8) is 0 Å². The summed E-state index contributed by atoms with van der Waals surface area (Å²) in [6.45, 7) is 4.92. The second-order valence-electron chi connectivity index (χ2n) is 6.26. The zero-order chi connectivity index (χ0) is 20.6. The maximum Gasteiger partial charge on any atom is 0.191 e. The fourth-order valence-electron chi connectivity index (χ4n) is 2.68. The molecule has 0 radical (unpaired) electrons. The lowest BCUT2D eigenvalue weighted by molar-refractivity contribution is 0.567. The van der Waals surface area contributed by atoms with Crippen LogP contribution in [0.1, 0.15) is 18.1 Å². The van der Waals surface area contributed by atoms with Gasteiger partial charge in [-0.15, -0.1) is 24.0 Å². The largest absolute Gasteiger partial charge is 0.357 e. The zero-order valence-corrected chi connectivity index (χ0v) is 19.6. The molecule has 0 spiro atoms. The molecule has 0 aromatic heterocycles. The Morgan fingerprint density at radius 3 is 2.48 bits per heavy atom. The topological polar surface area (TPSA) is 70.6 Å². The summed E-state index contributed by atoms with van der Waals surface area (Å²) in [5.41, 5.74) is 1.89. The van der Waals surface area contributed by atoms with Crippen LogP contribution in [0.3, 0.4) is 0 Å². The van der Waals surface area contributed by atoms with Crippen LogP contribution in [0.15, 0.2) is 52.4 Å². The lowest BCUT2D eigenvalue weighted by Crippen LogP contribution is -2.38. The summed E-state index contributed by atoms with van der Waals surface area (Å²) in [5, 5.41) is 6.16. The molecule has 0 amide bonds. The molecule has 0 bridgehead atoms. The van der Waals surface area contributed by atoms with Gasteiger partial charge in [0.05, 0.1) is 12.3 Å². The van der Waals surface area contributed by atoms with Gasteiger partial charge in [-0.25, -0.2) is 17.2 Å². The zero-order valence-electron chi connectivity index (χ0n) is 16.4. The summed E-state index contributed by atoms with van der Waals surface area (Å²) in [5.74, 6) is -0.834. The van der Waals surface area contributed by atoms with Crippen LogP contribution in [0, 0.1) is 18.6 Å². The fraction of sp³-hybridized carbons (Fsp3) is 0.350. The van der Waals surface area contributed by atoms with Gasteiger partial charge in [0, 0.05) is 13.1 Å². The summed E-state index contributed by atoms with van der Waals surface area (Å²) >= 11 is 0. The molecule has 29 heavy (non-hydrogen) atoms. The number of halogens is 3. The van der Waals surface area contributed by atoms with Gasteiger partial charge in [-0.3, -0.25) is 4.99 Å². The Morgan fingerprint density at radius 1 is 1.10 bits per heavy atom. The molecule has 0 aliphatic carbocycles. The predicted octanol–water partition coefficient (Wildman–Crippen LogP) is 3.46. The van der Waals surface area contributed by atoms with Gasteiger partial charge in [0.15, 0.2) is 15.8 Å². The number of sulfone groups is 1. The average molecular weight is 537 g/mol. The minimum Gasteiger partial charge on any atom is -0.357 e. The molecule has 2 rings (SSSR count). The quantitative estimate of drug-likeness (QED) is 0.308. The van der Waals surface area contributed by atoms with E-state index >= 15 is 0 Å². The molecule has 0 saturated carbocycles. The van der Waals surface area contributed by atoms with Crippen LogP contribution in [0.2, 0.25) is 0 Å². The number of aryl methyl sites for hydroxylation is 1. The predicted molar refractivity (Wildman–Crippen MR) is 123 cm³/mol. The van der Waals surface area contributed by atoms with Crippen molar-refractivity contribution in [2.45, 2.75) is 25.2 Å². The molecule has 9 heteroatoms. The molecule has 2 aromatic carbocycles. The summed E-state index contributed by atoms with van der Waals surface area (Å²) < 4.78 is 51.4. The van der Waals surface area contributed by atoms with Crippen molar-refractivity contribution in [3.05, 3.63) is 65.2 Å². The van der Waals surface area contributed by atoms with Gasteiger partial charge in [0.1, 0.15) is 16.5 Å². The first-order chi connectivity index (χ1) is 13.3. The first-order valence-electron chi connectivity index (χ1n) is 9.08. The molecule has 0 aliphatic heterocycles. The highest BCUT2D eigenvalue weighted by Gasteiger charge is 2.18. The molecular formula is C20H26F2IN3O2S. The molecule has 0 heterocycles. The van der Waals surface area contributed by atoms with Crippen molar-refractivity contribution in [1.82, 2.24) is 10.6 Å². The van der Waals surface area contributed by atoms with E-state index < -0.39 is 15.7 Å². The second kappa shape index (κ2) is 12.1. The lowest BCUT2D eigenvalue weighted by Gasteiger charge is -2.12. The van der Waals surface area contributed by atoms with Crippen LogP contribution in [-0.4, -0.2) is 39.8 Å². The molecule has 0 unspecified atom stereocenters. The van der Waals surface area contributed by atoms with E-state index in [2.05, 4.69) is 15.6 Å². The van der Waals surface area contributed by atoms with Crippen LogP contribution < -0.4 is 10.6 Å². The van der Waals surface area contributed by atoms with Gasteiger partial charge in [-0.2, -0.15) is 0 Å². The number of rotatable bonds is 8.